The second-order valence-corrected chi connectivity index (χ2v) is 9.68. The number of hydrogen-bond donors (Lipinski definition) is 0. The van der Waals surface area contributed by atoms with E-state index in [4.69, 9.17) is 16.3 Å². The van der Waals surface area contributed by atoms with E-state index < -0.39 is 21.9 Å². The number of halogens is 4. The summed E-state index contributed by atoms with van der Waals surface area (Å²) in [4.78, 5) is 5.61. The molecule has 2 aliphatic rings. The van der Waals surface area contributed by atoms with Gasteiger partial charge < -0.3 is 9.64 Å². The van der Waals surface area contributed by atoms with E-state index in [0.29, 0.717) is 32.6 Å². The van der Waals surface area contributed by atoms with Crippen LogP contribution >= 0.6 is 11.6 Å². The van der Waals surface area contributed by atoms with Gasteiger partial charge in [-0.15, -0.1) is 0 Å². The van der Waals surface area contributed by atoms with Gasteiger partial charge in [0.2, 0.25) is 0 Å². The Morgan fingerprint density at radius 1 is 1.10 bits per heavy atom. The number of alkyl halides is 3. The Balaban J connectivity index is 1.72. The summed E-state index contributed by atoms with van der Waals surface area (Å²) in [5, 5.41) is -0.105. The summed E-state index contributed by atoms with van der Waals surface area (Å²) in [6, 6.07) is 0.847. The zero-order valence-corrected chi connectivity index (χ0v) is 17.8. The van der Waals surface area contributed by atoms with Crippen LogP contribution in [-0.4, -0.2) is 73.5 Å². The molecule has 0 bridgehead atoms. The first-order chi connectivity index (χ1) is 13.5. The molecule has 2 saturated heterocycles. The van der Waals surface area contributed by atoms with Gasteiger partial charge in [0, 0.05) is 45.5 Å². The van der Waals surface area contributed by atoms with Crippen LogP contribution in [0.1, 0.15) is 25.8 Å². The van der Waals surface area contributed by atoms with E-state index in [0.717, 1.165) is 12.3 Å². The van der Waals surface area contributed by atoms with Gasteiger partial charge in [0.1, 0.15) is 5.82 Å². The molecule has 1 aromatic heterocycles. The number of pyridine rings is 1. The van der Waals surface area contributed by atoms with Crippen LogP contribution in [-0.2, 0) is 21.1 Å². The minimum Gasteiger partial charge on any atom is -0.373 e. The van der Waals surface area contributed by atoms with Crippen molar-refractivity contribution >= 4 is 27.6 Å². The number of morpholine rings is 1. The zero-order valence-electron chi connectivity index (χ0n) is 16.2. The molecule has 29 heavy (non-hydrogen) atoms. The van der Waals surface area contributed by atoms with E-state index in [-0.39, 0.29) is 36.1 Å². The highest BCUT2D eigenvalue weighted by Crippen LogP contribution is 2.34. The number of aromatic nitrogens is 1. The summed E-state index contributed by atoms with van der Waals surface area (Å²) in [6.07, 6.45) is -3.64. The molecule has 2 atom stereocenters. The van der Waals surface area contributed by atoms with E-state index in [1.165, 1.54) is 8.61 Å². The second-order valence-electron chi connectivity index (χ2n) is 7.35. The number of anilines is 1. The third-order valence-corrected chi connectivity index (χ3v) is 7.19. The molecule has 0 unspecified atom stereocenters. The SMILES string of the molecule is C[C@@H]1CN(S(=O)(=O)N2CCCN(c3ncc(C(F)(F)F)cc3Cl)CC2)C[C@H](C)O1. The van der Waals surface area contributed by atoms with Gasteiger partial charge in [-0.3, -0.25) is 0 Å². The van der Waals surface area contributed by atoms with Crippen LogP contribution < -0.4 is 4.90 Å². The molecule has 1 aromatic rings. The molecule has 0 aromatic carbocycles. The van der Waals surface area contributed by atoms with E-state index in [1.54, 1.807) is 4.90 Å². The van der Waals surface area contributed by atoms with Crippen LogP contribution in [0.25, 0.3) is 0 Å². The molecule has 0 radical (unpaired) electrons. The summed E-state index contributed by atoms with van der Waals surface area (Å²) < 4.78 is 73.0. The van der Waals surface area contributed by atoms with Crippen molar-refractivity contribution in [1.29, 1.82) is 0 Å². The molecule has 12 heteroatoms. The molecular weight excluding hydrogens is 433 g/mol. The van der Waals surface area contributed by atoms with Gasteiger partial charge in [-0.25, -0.2) is 4.98 Å². The molecule has 2 aliphatic heterocycles. The third-order valence-electron chi connectivity index (χ3n) is 4.94. The van der Waals surface area contributed by atoms with Gasteiger partial charge in [0.25, 0.3) is 10.2 Å². The maximum Gasteiger partial charge on any atom is 0.417 e. The Morgan fingerprint density at radius 3 is 2.34 bits per heavy atom. The van der Waals surface area contributed by atoms with Crippen molar-refractivity contribution in [3.63, 3.8) is 0 Å². The molecular formula is C17H24ClF3N4O3S. The molecule has 0 aliphatic carbocycles. The number of hydrogen-bond acceptors (Lipinski definition) is 5. The lowest BCUT2D eigenvalue weighted by Crippen LogP contribution is -2.53. The fourth-order valence-electron chi connectivity index (χ4n) is 3.64. The fraction of sp³-hybridized carbons (Fsp3) is 0.706. The van der Waals surface area contributed by atoms with Crippen molar-refractivity contribution in [2.24, 2.45) is 0 Å². The number of nitrogens with zero attached hydrogens (tertiary/aromatic N) is 4. The van der Waals surface area contributed by atoms with Crippen molar-refractivity contribution in [3.05, 3.63) is 22.8 Å². The molecule has 2 fully saturated rings. The minimum atomic E-state index is -4.52. The van der Waals surface area contributed by atoms with Gasteiger partial charge in [0.15, 0.2) is 0 Å². The van der Waals surface area contributed by atoms with Crippen molar-refractivity contribution < 1.29 is 26.3 Å². The Labute approximate surface area is 173 Å². The first kappa shape index (κ1) is 22.5. The Morgan fingerprint density at radius 2 is 1.76 bits per heavy atom. The first-order valence-electron chi connectivity index (χ1n) is 9.37. The van der Waals surface area contributed by atoms with Crippen LogP contribution in [0.4, 0.5) is 19.0 Å². The van der Waals surface area contributed by atoms with Gasteiger partial charge in [0.05, 0.1) is 22.8 Å². The standard InChI is InChI=1S/C17H24ClF3N4O3S/c1-12-10-25(11-13(2)28-12)29(26,27)24-5-3-4-23(6-7-24)16-15(18)8-14(9-22-16)17(19,20)21/h8-9,12-13H,3-7,10-11H2,1-2H3/t12-,13+. The van der Waals surface area contributed by atoms with Crippen LogP contribution in [0.15, 0.2) is 12.3 Å². The summed E-state index contributed by atoms with van der Waals surface area (Å²) in [5.41, 5.74) is -0.916. The van der Waals surface area contributed by atoms with Crippen LogP contribution in [0.5, 0.6) is 0 Å². The quantitative estimate of drug-likeness (QED) is 0.699. The first-order valence-corrected chi connectivity index (χ1v) is 11.1. The topological polar surface area (TPSA) is 66.0 Å². The Kier molecular flexibility index (Phi) is 6.64. The van der Waals surface area contributed by atoms with Crippen LogP contribution in [0.3, 0.4) is 0 Å². The van der Waals surface area contributed by atoms with Crippen LogP contribution in [0.2, 0.25) is 5.02 Å². The summed E-state index contributed by atoms with van der Waals surface area (Å²) in [5.74, 6) is 0.229. The van der Waals surface area contributed by atoms with Gasteiger partial charge >= 0.3 is 6.18 Å². The van der Waals surface area contributed by atoms with Crippen LogP contribution in [0, 0.1) is 0 Å². The molecule has 3 heterocycles. The zero-order chi connectivity index (χ0) is 21.4. The van der Waals surface area contributed by atoms with Crippen molar-refractivity contribution in [3.8, 4) is 0 Å². The Hall–Kier alpha value is -1.14. The maximum absolute atomic E-state index is 13.1. The average Bonchev–Trinajstić information content (AvgIpc) is 2.86. The second kappa shape index (κ2) is 8.54. The van der Waals surface area contributed by atoms with Crippen molar-refractivity contribution in [2.75, 3.05) is 44.2 Å². The molecule has 7 nitrogen and oxygen atoms in total. The normalized spacial score (nSPS) is 25.8. The number of ether oxygens (including phenoxy) is 1. The predicted octanol–water partition coefficient (Wildman–Crippen LogP) is 2.62. The summed E-state index contributed by atoms with van der Waals surface area (Å²) in [6.45, 7) is 5.49. The highest BCUT2D eigenvalue weighted by Gasteiger charge is 2.36. The monoisotopic (exact) mass is 456 g/mol. The van der Waals surface area contributed by atoms with E-state index in [1.807, 2.05) is 13.8 Å². The Bertz CT molecular complexity index is 830. The predicted molar refractivity (Wildman–Crippen MR) is 103 cm³/mol. The van der Waals surface area contributed by atoms with Crippen molar-refractivity contribution in [1.82, 2.24) is 13.6 Å². The highest BCUT2D eigenvalue weighted by atomic mass is 35.5. The lowest BCUT2D eigenvalue weighted by Gasteiger charge is -2.37. The van der Waals surface area contributed by atoms with E-state index in [2.05, 4.69) is 4.98 Å². The van der Waals surface area contributed by atoms with Crippen molar-refractivity contribution in [2.45, 2.75) is 38.7 Å². The molecule has 0 spiro atoms. The van der Waals surface area contributed by atoms with Gasteiger partial charge in [-0.05, 0) is 26.3 Å². The number of rotatable bonds is 3. The van der Waals surface area contributed by atoms with E-state index in [9.17, 15) is 21.6 Å². The molecule has 164 valence electrons. The minimum absolute atomic E-state index is 0.105. The largest absolute Gasteiger partial charge is 0.417 e. The van der Waals surface area contributed by atoms with E-state index >= 15 is 0 Å². The van der Waals surface area contributed by atoms with Gasteiger partial charge in [-0.2, -0.15) is 30.2 Å². The molecule has 0 amide bonds. The molecule has 0 saturated carbocycles. The maximum atomic E-state index is 13.1. The van der Waals surface area contributed by atoms with Gasteiger partial charge in [-0.1, -0.05) is 11.6 Å². The third kappa shape index (κ3) is 5.13. The average molecular weight is 457 g/mol. The fourth-order valence-corrected chi connectivity index (χ4v) is 5.72. The lowest BCUT2D eigenvalue weighted by atomic mass is 10.2. The summed E-state index contributed by atoms with van der Waals surface area (Å²) in [7, 11) is -3.66. The smallest absolute Gasteiger partial charge is 0.373 e. The molecule has 0 N–H and O–H groups in total. The highest BCUT2D eigenvalue weighted by molar-refractivity contribution is 7.86. The summed E-state index contributed by atoms with van der Waals surface area (Å²) >= 11 is 6.04. The molecule has 3 rings (SSSR count). The lowest BCUT2D eigenvalue weighted by molar-refractivity contribution is -0.137.